The SMILES string of the molecule is CCNC(=O)CNC(=O)C1CCN(S(=O)(=O)/C=C/c2ccccc2)CC1. The fourth-order valence-corrected chi connectivity index (χ4v) is 3.98. The highest BCUT2D eigenvalue weighted by Gasteiger charge is 2.29. The van der Waals surface area contributed by atoms with Gasteiger partial charge in [0.05, 0.1) is 6.54 Å². The number of benzene rings is 1. The van der Waals surface area contributed by atoms with Gasteiger partial charge in [0, 0.05) is 31.0 Å². The monoisotopic (exact) mass is 379 g/mol. The van der Waals surface area contributed by atoms with Crippen LogP contribution in [0.2, 0.25) is 0 Å². The van der Waals surface area contributed by atoms with Gasteiger partial charge in [0.2, 0.25) is 21.8 Å². The summed E-state index contributed by atoms with van der Waals surface area (Å²) in [5, 5.41) is 6.42. The molecule has 1 aliphatic rings. The average Bonchev–Trinajstić information content (AvgIpc) is 2.66. The minimum atomic E-state index is -3.51. The Bertz CT molecular complexity index is 739. The van der Waals surface area contributed by atoms with Gasteiger partial charge in [-0.1, -0.05) is 30.3 Å². The van der Waals surface area contributed by atoms with Crippen molar-refractivity contribution in [2.45, 2.75) is 19.8 Å². The molecule has 1 heterocycles. The zero-order chi connectivity index (χ0) is 19.0. The van der Waals surface area contributed by atoms with E-state index < -0.39 is 10.0 Å². The van der Waals surface area contributed by atoms with Gasteiger partial charge in [-0.25, -0.2) is 8.42 Å². The number of sulfonamides is 1. The van der Waals surface area contributed by atoms with Gasteiger partial charge in [-0.05, 0) is 31.4 Å². The first-order chi connectivity index (χ1) is 12.4. The van der Waals surface area contributed by atoms with E-state index in [1.165, 1.54) is 9.71 Å². The molecule has 0 atom stereocenters. The van der Waals surface area contributed by atoms with E-state index in [-0.39, 0.29) is 24.3 Å². The van der Waals surface area contributed by atoms with E-state index in [0.29, 0.717) is 32.5 Å². The number of amides is 2. The molecular weight excluding hydrogens is 354 g/mol. The molecule has 2 rings (SSSR count). The lowest BCUT2D eigenvalue weighted by Gasteiger charge is -2.29. The number of likely N-dealkylation sites (N-methyl/N-ethyl adjacent to an activating group) is 1. The molecule has 0 aliphatic carbocycles. The molecule has 1 saturated heterocycles. The molecule has 0 unspecified atom stereocenters. The van der Waals surface area contributed by atoms with Crippen LogP contribution in [0.4, 0.5) is 0 Å². The van der Waals surface area contributed by atoms with Crippen LogP contribution in [0.15, 0.2) is 35.7 Å². The van der Waals surface area contributed by atoms with Crippen molar-refractivity contribution in [3.8, 4) is 0 Å². The maximum Gasteiger partial charge on any atom is 0.239 e. The number of nitrogens with one attached hydrogen (secondary N) is 2. The lowest BCUT2D eigenvalue weighted by molar-refractivity contribution is -0.129. The van der Waals surface area contributed by atoms with Gasteiger partial charge in [-0.3, -0.25) is 9.59 Å². The molecule has 7 nitrogen and oxygen atoms in total. The third-order valence-electron chi connectivity index (χ3n) is 4.21. The molecule has 1 aliphatic heterocycles. The smallest absolute Gasteiger partial charge is 0.239 e. The lowest BCUT2D eigenvalue weighted by Crippen LogP contribution is -2.44. The molecule has 1 fully saturated rings. The summed E-state index contributed by atoms with van der Waals surface area (Å²) in [6.45, 7) is 2.86. The van der Waals surface area contributed by atoms with E-state index in [1.54, 1.807) is 6.08 Å². The number of hydrogen-bond donors (Lipinski definition) is 2. The Morgan fingerprint density at radius 2 is 1.81 bits per heavy atom. The Morgan fingerprint density at radius 1 is 1.15 bits per heavy atom. The second kappa shape index (κ2) is 9.49. The van der Waals surface area contributed by atoms with Crippen molar-refractivity contribution in [3.05, 3.63) is 41.3 Å². The first kappa shape index (κ1) is 20.1. The molecule has 8 heteroatoms. The van der Waals surface area contributed by atoms with Crippen LogP contribution in [-0.2, 0) is 19.6 Å². The van der Waals surface area contributed by atoms with Crippen molar-refractivity contribution in [2.24, 2.45) is 5.92 Å². The molecule has 26 heavy (non-hydrogen) atoms. The van der Waals surface area contributed by atoms with Gasteiger partial charge in [0.25, 0.3) is 0 Å². The third-order valence-corrected chi connectivity index (χ3v) is 5.78. The van der Waals surface area contributed by atoms with Crippen molar-refractivity contribution in [1.82, 2.24) is 14.9 Å². The van der Waals surface area contributed by atoms with Crippen molar-refractivity contribution in [3.63, 3.8) is 0 Å². The Hall–Kier alpha value is -2.19. The number of rotatable bonds is 7. The second-order valence-corrected chi connectivity index (χ2v) is 7.92. The maximum atomic E-state index is 12.4. The number of hydrogen-bond acceptors (Lipinski definition) is 4. The minimum Gasteiger partial charge on any atom is -0.355 e. The van der Waals surface area contributed by atoms with E-state index >= 15 is 0 Å². The fourth-order valence-electron chi connectivity index (χ4n) is 2.76. The number of nitrogens with zero attached hydrogens (tertiary/aromatic N) is 1. The van der Waals surface area contributed by atoms with E-state index in [1.807, 2.05) is 37.3 Å². The molecule has 142 valence electrons. The van der Waals surface area contributed by atoms with Gasteiger partial charge in [-0.2, -0.15) is 4.31 Å². The predicted octanol–water partition coefficient (Wildman–Crippen LogP) is 0.951. The molecule has 0 saturated carbocycles. The van der Waals surface area contributed by atoms with Crippen LogP contribution in [0.5, 0.6) is 0 Å². The average molecular weight is 379 g/mol. The van der Waals surface area contributed by atoms with Crippen molar-refractivity contribution < 1.29 is 18.0 Å². The van der Waals surface area contributed by atoms with Gasteiger partial charge in [0.1, 0.15) is 0 Å². The normalized spacial score (nSPS) is 16.5. The summed E-state index contributed by atoms with van der Waals surface area (Å²) in [5.74, 6) is -0.700. The van der Waals surface area contributed by atoms with Crippen LogP contribution < -0.4 is 10.6 Å². The predicted molar refractivity (Wildman–Crippen MR) is 100 cm³/mol. The van der Waals surface area contributed by atoms with E-state index in [0.717, 1.165) is 5.56 Å². The second-order valence-electron chi connectivity index (χ2n) is 6.10. The highest BCUT2D eigenvalue weighted by atomic mass is 32.2. The summed E-state index contributed by atoms with van der Waals surface area (Å²) in [4.78, 5) is 23.5. The molecule has 0 radical (unpaired) electrons. The number of carbonyl (C=O) groups excluding carboxylic acids is 2. The van der Waals surface area contributed by atoms with Crippen molar-refractivity contribution in [1.29, 1.82) is 0 Å². The maximum absolute atomic E-state index is 12.4. The van der Waals surface area contributed by atoms with Gasteiger partial charge < -0.3 is 10.6 Å². The van der Waals surface area contributed by atoms with Crippen molar-refractivity contribution >= 4 is 27.9 Å². The molecular formula is C18H25N3O4S. The molecule has 2 amide bonds. The van der Waals surface area contributed by atoms with Crippen molar-refractivity contribution in [2.75, 3.05) is 26.2 Å². The van der Waals surface area contributed by atoms with Gasteiger partial charge in [0.15, 0.2) is 0 Å². The topological polar surface area (TPSA) is 95.6 Å². The molecule has 1 aromatic rings. The van der Waals surface area contributed by atoms with Crippen LogP contribution in [0.25, 0.3) is 6.08 Å². The Kier molecular flexibility index (Phi) is 7.35. The summed E-state index contributed by atoms with van der Waals surface area (Å²) in [6, 6.07) is 9.22. The first-order valence-electron chi connectivity index (χ1n) is 8.70. The van der Waals surface area contributed by atoms with Crippen LogP contribution >= 0.6 is 0 Å². The highest BCUT2D eigenvalue weighted by molar-refractivity contribution is 7.92. The van der Waals surface area contributed by atoms with E-state index in [2.05, 4.69) is 10.6 Å². The van der Waals surface area contributed by atoms with Gasteiger partial charge in [-0.15, -0.1) is 0 Å². The molecule has 1 aromatic carbocycles. The van der Waals surface area contributed by atoms with Crippen LogP contribution in [-0.4, -0.2) is 50.7 Å². The fraction of sp³-hybridized carbons (Fsp3) is 0.444. The summed E-state index contributed by atoms with van der Waals surface area (Å²) < 4.78 is 26.2. The summed E-state index contributed by atoms with van der Waals surface area (Å²) >= 11 is 0. The largest absolute Gasteiger partial charge is 0.355 e. The standard InChI is InChI=1S/C18H25N3O4S/c1-2-19-17(22)14-20-18(23)16-8-11-21(12-9-16)26(24,25)13-10-15-6-4-3-5-7-15/h3-7,10,13,16H,2,8-9,11-12,14H2,1H3,(H,19,22)(H,20,23)/b13-10+. The first-order valence-corrected chi connectivity index (χ1v) is 10.2. The number of piperidine rings is 1. The van der Waals surface area contributed by atoms with E-state index in [4.69, 9.17) is 0 Å². The van der Waals surface area contributed by atoms with Crippen LogP contribution in [0.1, 0.15) is 25.3 Å². The summed E-state index contributed by atoms with van der Waals surface area (Å²) in [5.41, 5.74) is 0.815. The van der Waals surface area contributed by atoms with Crippen LogP contribution in [0.3, 0.4) is 0 Å². The molecule has 0 aromatic heterocycles. The Morgan fingerprint density at radius 3 is 2.42 bits per heavy atom. The summed E-state index contributed by atoms with van der Waals surface area (Å²) in [7, 11) is -3.51. The van der Waals surface area contributed by atoms with Gasteiger partial charge >= 0.3 is 0 Å². The highest BCUT2D eigenvalue weighted by Crippen LogP contribution is 2.21. The lowest BCUT2D eigenvalue weighted by atomic mass is 9.97. The molecule has 2 N–H and O–H groups in total. The quantitative estimate of drug-likeness (QED) is 0.737. The molecule has 0 spiro atoms. The molecule has 0 bridgehead atoms. The van der Waals surface area contributed by atoms with E-state index in [9.17, 15) is 18.0 Å². The zero-order valence-corrected chi connectivity index (χ0v) is 15.7. The minimum absolute atomic E-state index is 0.0506. The summed E-state index contributed by atoms with van der Waals surface area (Å²) in [6.07, 6.45) is 2.46. The third kappa shape index (κ3) is 5.96. The van der Waals surface area contributed by atoms with Crippen LogP contribution in [0, 0.1) is 5.92 Å². The Balaban J connectivity index is 1.84. The number of carbonyl (C=O) groups is 2. The Labute approximate surface area is 154 Å². The zero-order valence-electron chi connectivity index (χ0n) is 14.8.